The second kappa shape index (κ2) is 8.39. The molecule has 1 aromatic carbocycles. The summed E-state index contributed by atoms with van der Waals surface area (Å²) in [5, 5.41) is 4.21. The molecular formula is C19H22FN3O4S2. The van der Waals surface area contributed by atoms with Crippen LogP contribution in [-0.2, 0) is 14.8 Å². The van der Waals surface area contributed by atoms with Crippen molar-refractivity contribution in [2.45, 2.75) is 17.7 Å². The standard InChI is InChI=1S/C19H22FN3O4S2/c20-15-13-14(3-4-16(15)22-8-10-27-11-9-22)21-19(24)18-17(5-12-28-18)29(25,26)23-6-1-2-7-23/h3-5,12-13H,1-2,6-11H2,(H,21,24). The van der Waals surface area contributed by atoms with Crippen LogP contribution in [-0.4, -0.2) is 58.0 Å². The Balaban J connectivity index is 1.52. The molecule has 2 fully saturated rings. The molecular weight excluding hydrogens is 417 g/mol. The van der Waals surface area contributed by atoms with Crippen molar-refractivity contribution in [1.29, 1.82) is 0 Å². The van der Waals surface area contributed by atoms with Crippen molar-refractivity contribution in [3.05, 3.63) is 40.3 Å². The third-order valence-electron chi connectivity index (χ3n) is 5.08. The van der Waals surface area contributed by atoms with E-state index in [4.69, 9.17) is 4.74 Å². The van der Waals surface area contributed by atoms with Crippen LogP contribution in [0.15, 0.2) is 34.5 Å². The first-order valence-corrected chi connectivity index (χ1v) is 11.8. The van der Waals surface area contributed by atoms with Crippen molar-refractivity contribution in [2.75, 3.05) is 49.6 Å². The van der Waals surface area contributed by atoms with Crippen molar-refractivity contribution in [2.24, 2.45) is 0 Å². The summed E-state index contributed by atoms with van der Waals surface area (Å²) in [6.45, 7) is 3.24. The normalized spacial score (nSPS) is 18.2. The van der Waals surface area contributed by atoms with Crippen molar-refractivity contribution >= 4 is 38.6 Å². The molecule has 2 saturated heterocycles. The highest BCUT2D eigenvalue weighted by molar-refractivity contribution is 7.89. The Kier molecular flexibility index (Phi) is 5.86. The third-order valence-corrected chi connectivity index (χ3v) is 8.06. The van der Waals surface area contributed by atoms with E-state index in [-0.39, 0.29) is 15.5 Å². The lowest BCUT2D eigenvalue weighted by Gasteiger charge is -2.29. The summed E-state index contributed by atoms with van der Waals surface area (Å²) >= 11 is 1.06. The van der Waals surface area contributed by atoms with Gasteiger partial charge < -0.3 is 15.0 Å². The fraction of sp³-hybridized carbons (Fsp3) is 0.421. The average Bonchev–Trinajstić information content (AvgIpc) is 3.41. The second-order valence-corrected chi connectivity index (χ2v) is 9.77. The lowest BCUT2D eigenvalue weighted by molar-refractivity contribution is 0.102. The molecule has 4 rings (SSSR count). The minimum atomic E-state index is -3.70. The molecule has 0 aliphatic carbocycles. The van der Waals surface area contributed by atoms with E-state index in [1.807, 2.05) is 4.90 Å². The topological polar surface area (TPSA) is 79.0 Å². The van der Waals surface area contributed by atoms with Crippen LogP contribution in [0, 0.1) is 5.82 Å². The molecule has 1 aromatic heterocycles. The highest BCUT2D eigenvalue weighted by Crippen LogP contribution is 2.29. The molecule has 0 saturated carbocycles. The number of thiophene rings is 1. The van der Waals surface area contributed by atoms with Gasteiger partial charge in [-0.2, -0.15) is 4.31 Å². The van der Waals surface area contributed by atoms with Crippen molar-refractivity contribution in [3.8, 4) is 0 Å². The van der Waals surface area contributed by atoms with Crippen molar-refractivity contribution in [3.63, 3.8) is 0 Å². The Morgan fingerprint density at radius 1 is 1.10 bits per heavy atom. The van der Waals surface area contributed by atoms with Crippen molar-refractivity contribution in [1.82, 2.24) is 4.31 Å². The van der Waals surface area contributed by atoms with Crippen LogP contribution >= 0.6 is 11.3 Å². The number of halogens is 1. The molecule has 3 heterocycles. The Hall–Kier alpha value is -2.01. The van der Waals surface area contributed by atoms with Gasteiger partial charge in [0.2, 0.25) is 10.0 Å². The molecule has 0 unspecified atom stereocenters. The summed E-state index contributed by atoms with van der Waals surface area (Å²) in [5.41, 5.74) is 0.738. The molecule has 10 heteroatoms. The molecule has 7 nitrogen and oxygen atoms in total. The van der Waals surface area contributed by atoms with Crippen LogP contribution in [0.4, 0.5) is 15.8 Å². The van der Waals surface area contributed by atoms with Gasteiger partial charge in [-0.25, -0.2) is 12.8 Å². The number of hydrogen-bond donors (Lipinski definition) is 1. The number of sulfonamides is 1. The van der Waals surface area contributed by atoms with Crippen molar-refractivity contribution < 1.29 is 22.3 Å². The molecule has 2 aliphatic heterocycles. The quantitative estimate of drug-likeness (QED) is 0.775. The number of nitrogens with zero attached hydrogens (tertiary/aromatic N) is 2. The van der Waals surface area contributed by atoms with Crippen LogP contribution in [0.5, 0.6) is 0 Å². The number of nitrogens with one attached hydrogen (secondary N) is 1. The van der Waals surface area contributed by atoms with Gasteiger partial charge in [0.05, 0.1) is 18.9 Å². The maximum Gasteiger partial charge on any atom is 0.267 e. The maximum atomic E-state index is 14.6. The van der Waals surface area contributed by atoms with E-state index in [2.05, 4.69) is 5.32 Å². The molecule has 1 amide bonds. The first kappa shape index (κ1) is 20.3. The van der Waals surface area contributed by atoms with Gasteiger partial charge in [0, 0.05) is 31.9 Å². The van der Waals surface area contributed by atoms with Gasteiger partial charge in [0.15, 0.2) is 0 Å². The first-order chi connectivity index (χ1) is 14.0. The summed E-state index contributed by atoms with van der Waals surface area (Å²) in [7, 11) is -3.70. The molecule has 0 spiro atoms. The smallest absolute Gasteiger partial charge is 0.267 e. The SMILES string of the molecule is O=C(Nc1ccc(N2CCOCC2)c(F)c1)c1sccc1S(=O)(=O)N1CCCC1. The third kappa shape index (κ3) is 4.16. The zero-order valence-corrected chi connectivity index (χ0v) is 17.4. The molecule has 156 valence electrons. The highest BCUT2D eigenvalue weighted by Gasteiger charge is 2.32. The Bertz CT molecular complexity index is 997. The van der Waals surface area contributed by atoms with Crippen LogP contribution < -0.4 is 10.2 Å². The second-order valence-electron chi connectivity index (χ2n) is 6.94. The molecule has 29 heavy (non-hydrogen) atoms. The predicted octanol–water partition coefficient (Wildman–Crippen LogP) is 2.76. The first-order valence-electron chi connectivity index (χ1n) is 9.48. The van der Waals surface area contributed by atoms with Gasteiger partial charge in [-0.05, 0) is 42.5 Å². The number of ether oxygens (including phenoxy) is 1. The molecule has 2 aliphatic rings. The van der Waals surface area contributed by atoms with Crippen LogP contribution in [0.3, 0.4) is 0 Å². The van der Waals surface area contributed by atoms with E-state index in [0.717, 1.165) is 24.2 Å². The van der Waals surface area contributed by atoms with Gasteiger partial charge in [0.1, 0.15) is 15.6 Å². The minimum absolute atomic E-state index is 0.00677. The number of benzene rings is 1. The molecule has 0 radical (unpaired) electrons. The lowest BCUT2D eigenvalue weighted by Crippen LogP contribution is -2.36. The number of anilines is 2. The van der Waals surface area contributed by atoms with Crippen LogP contribution in [0.25, 0.3) is 0 Å². The summed E-state index contributed by atoms with van der Waals surface area (Å²) in [4.78, 5) is 14.7. The molecule has 2 aromatic rings. The van der Waals surface area contributed by atoms with Gasteiger partial charge >= 0.3 is 0 Å². The van der Waals surface area contributed by atoms with Crippen LogP contribution in [0.2, 0.25) is 0 Å². The molecule has 0 atom stereocenters. The fourth-order valence-electron chi connectivity index (χ4n) is 3.57. The maximum absolute atomic E-state index is 14.6. The summed E-state index contributed by atoms with van der Waals surface area (Å²) < 4.78 is 46.9. The Morgan fingerprint density at radius 2 is 1.83 bits per heavy atom. The lowest BCUT2D eigenvalue weighted by atomic mass is 10.2. The van der Waals surface area contributed by atoms with Gasteiger partial charge in [-0.1, -0.05) is 0 Å². The van der Waals surface area contributed by atoms with E-state index in [1.165, 1.54) is 16.4 Å². The van der Waals surface area contributed by atoms with Gasteiger partial charge in [-0.3, -0.25) is 4.79 Å². The largest absolute Gasteiger partial charge is 0.378 e. The zero-order chi connectivity index (χ0) is 20.4. The zero-order valence-electron chi connectivity index (χ0n) is 15.8. The number of morpholine rings is 1. The number of amides is 1. The Labute approximate surface area is 173 Å². The average molecular weight is 440 g/mol. The summed E-state index contributed by atoms with van der Waals surface area (Å²) in [5.74, 6) is -1.00. The van der Waals surface area contributed by atoms with E-state index >= 15 is 0 Å². The summed E-state index contributed by atoms with van der Waals surface area (Å²) in [6, 6.07) is 5.95. The van der Waals surface area contributed by atoms with E-state index in [1.54, 1.807) is 17.5 Å². The Morgan fingerprint density at radius 3 is 2.52 bits per heavy atom. The number of rotatable bonds is 5. The van der Waals surface area contributed by atoms with Crippen LogP contribution in [0.1, 0.15) is 22.5 Å². The van der Waals surface area contributed by atoms with E-state index < -0.39 is 21.7 Å². The summed E-state index contributed by atoms with van der Waals surface area (Å²) in [6.07, 6.45) is 1.64. The number of hydrogen-bond acceptors (Lipinski definition) is 6. The molecule has 1 N–H and O–H groups in total. The minimum Gasteiger partial charge on any atom is -0.378 e. The number of carbonyl (C=O) groups is 1. The van der Waals surface area contributed by atoms with Gasteiger partial charge in [0.25, 0.3) is 5.91 Å². The van der Waals surface area contributed by atoms with E-state index in [9.17, 15) is 17.6 Å². The highest BCUT2D eigenvalue weighted by atomic mass is 32.2. The number of carbonyl (C=O) groups excluding carboxylic acids is 1. The van der Waals surface area contributed by atoms with E-state index in [0.29, 0.717) is 45.1 Å². The monoisotopic (exact) mass is 439 g/mol. The molecule has 0 bridgehead atoms. The predicted molar refractivity (Wildman–Crippen MR) is 110 cm³/mol. The van der Waals surface area contributed by atoms with Gasteiger partial charge in [-0.15, -0.1) is 11.3 Å². The fourth-order valence-corrected chi connectivity index (χ4v) is 6.38.